The SMILES string of the molecule is COc1ccc(C(C)(N)c2cc(Cl)ccc2Cl)cc1. The molecule has 2 nitrogen and oxygen atoms in total. The van der Waals surface area contributed by atoms with Crippen LogP contribution in [0.1, 0.15) is 18.1 Å². The van der Waals surface area contributed by atoms with Crippen LogP contribution >= 0.6 is 23.2 Å². The van der Waals surface area contributed by atoms with Crippen LogP contribution in [-0.2, 0) is 5.54 Å². The molecule has 1 atom stereocenters. The minimum Gasteiger partial charge on any atom is -0.497 e. The molecule has 0 fully saturated rings. The lowest BCUT2D eigenvalue weighted by Crippen LogP contribution is -2.34. The molecular weight excluding hydrogens is 281 g/mol. The van der Waals surface area contributed by atoms with Gasteiger partial charge in [0.25, 0.3) is 0 Å². The average molecular weight is 296 g/mol. The van der Waals surface area contributed by atoms with Crippen molar-refractivity contribution in [1.82, 2.24) is 0 Å². The predicted octanol–water partition coefficient (Wildman–Crippen LogP) is 4.22. The Hall–Kier alpha value is -1.22. The quantitative estimate of drug-likeness (QED) is 0.920. The largest absolute Gasteiger partial charge is 0.497 e. The Morgan fingerprint density at radius 1 is 1.05 bits per heavy atom. The molecule has 0 aliphatic rings. The van der Waals surface area contributed by atoms with E-state index in [0.29, 0.717) is 10.0 Å². The topological polar surface area (TPSA) is 35.2 Å². The van der Waals surface area contributed by atoms with E-state index in [0.717, 1.165) is 16.9 Å². The first-order valence-electron chi connectivity index (χ1n) is 5.84. The molecule has 0 aliphatic heterocycles. The summed E-state index contributed by atoms with van der Waals surface area (Å²) in [6.45, 7) is 1.91. The van der Waals surface area contributed by atoms with Crippen LogP contribution in [0.4, 0.5) is 0 Å². The molecule has 2 aromatic carbocycles. The fraction of sp³-hybridized carbons (Fsp3) is 0.200. The highest BCUT2D eigenvalue weighted by Gasteiger charge is 2.26. The van der Waals surface area contributed by atoms with Gasteiger partial charge in [0.2, 0.25) is 0 Å². The zero-order valence-electron chi connectivity index (χ0n) is 10.8. The van der Waals surface area contributed by atoms with Gasteiger partial charge in [-0.25, -0.2) is 0 Å². The Labute approximate surface area is 123 Å². The summed E-state index contributed by atoms with van der Waals surface area (Å²) in [6.07, 6.45) is 0. The minimum atomic E-state index is -0.714. The van der Waals surface area contributed by atoms with Gasteiger partial charge in [0.05, 0.1) is 12.6 Å². The van der Waals surface area contributed by atoms with Gasteiger partial charge in [-0.15, -0.1) is 0 Å². The molecule has 2 N–H and O–H groups in total. The summed E-state index contributed by atoms with van der Waals surface area (Å²) in [5.74, 6) is 0.789. The zero-order chi connectivity index (χ0) is 14.0. The Balaban J connectivity index is 2.48. The third kappa shape index (κ3) is 2.86. The lowest BCUT2D eigenvalue weighted by molar-refractivity contribution is 0.414. The molecule has 0 bridgehead atoms. The van der Waals surface area contributed by atoms with Crippen molar-refractivity contribution in [3.63, 3.8) is 0 Å². The van der Waals surface area contributed by atoms with E-state index in [1.54, 1.807) is 25.3 Å². The van der Waals surface area contributed by atoms with Gasteiger partial charge in [0, 0.05) is 10.0 Å². The lowest BCUT2D eigenvalue weighted by Gasteiger charge is -2.27. The number of nitrogens with two attached hydrogens (primary N) is 1. The van der Waals surface area contributed by atoms with Gasteiger partial charge in [-0.05, 0) is 48.4 Å². The van der Waals surface area contributed by atoms with Crippen molar-refractivity contribution in [2.24, 2.45) is 5.73 Å². The van der Waals surface area contributed by atoms with E-state index < -0.39 is 5.54 Å². The molecule has 2 aromatic rings. The molecule has 1 unspecified atom stereocenters. The second-order valence-electron chi connectivity index (χ2n) is 4.56. The molecule has 19 heavy (non-hydrogen) atoms. The van der Waals surface area contributed by atoms with Crippen LogP contribution in [0.25, 0.3) is 0 Å². The molecule has 0 amide bonds. The number of benzene rings is 2. The maximum absolute atomic E-state index is 6.44. The molecule has 0 saturated carbocycles. The standard InChI is InChI=1S/C15H15Cl2NO/c1-15(18,10-3-6-12(19-2)7-4-10)13-9-11(16)5-8-14(13)17/h3-9H,18H2,1-2H3. The zero-order valence-corrected chi connectivity index (χ0v) is 12.3. The highest BCUT2D eigenvalue weighted by Crippen LogP contribution is 2.34. The summed E-state index contributed by atoms with van der Waals surface area (Å²) in [5.41, 5.74) is 7.46. The monoisotopic (exact) mass is 295 g/mol. The molecule has 100 valence electrons. The van der Waals surface area contributed by atoms with Gasteiger partial charge in [0.1, 0.15) is 5.75 Å². The number of ether oxygens (including phenoxy) is 1. The van der Waals surface area contributed by atoms with E-state index in [-0.39, 0.29) is 0 Å². The minimum absolute atomic E-state index is 0.602. The van der Waals surface area contributed by atoms with Crippen molar-refractivity contribution >= 4 is 23.2 Å². The molecule has 0 radical (unpaired) electrons. The molecule has 0 spiro atoms. The fourth-order valence-corrected chi connectivity index (χ4v) is 2.47. The maximum atomic E-state index is 6.44. The van der Waals surface area contributed by atoms with Gasteiger partial charge in [-0.3, -0.25) is 0 Å². The van der Waals surface area contributed by atoms with E-state index in [1.807, 2.05) is 31.2 Å². The van der Waals surface area contributed by atoms with Crippen LogP contribution in [0.3, 0.4) is 0 Å². The van der Waals surface area contributed by atoms with Crippen molar-refractivity contribution in [3.8, 4) is 5.75 Å². The fourth-order valence-electron chi connectivity index (χ4n) is 1.99. The van der Waals surface area contributed by atoms with Crippen LogP contribution in [-0.4, -0.2) is 7.11 Å². The van der Waals surface area contributed by atoms with Crippen molar-refractivity contribution < 1.29 is 4.74 Å². The van der Waals surface area contributed by atoms with Crippen LogP contribution in [0.2, 0.25) is 10.0 Å². The van der Waals surface area contributed by atoms with Crippen LogP contribution in [0.5, 0.6) is 5.75 Å². The van der Waals surface area contributed by atoms with Gasteiger partial charge in [-0.2, -0.15) is 0 Å². The van der Waals surface area contributed by atoms with Gasteiger partial charge >= 0.3 is 0 Å². The number of rotatable bonds is 3. The van der Waals surface area contributed by atoms with E-state index in [9.17, 15) is 0 Å². The maximum Gasteiger partial charge on any atom is 0.118 e. The molecular formula is C15H15Cl2NO. The predicted molar refractivity (Wildman–Crippen MR) is 80.1 cm³/mol. The first-order valence-corrected chi connectivity index (χ1v) is 6.59. The van der Waals surface area contributed by atoms with E-state index in [4.69, 9.17) is 33.7 Å². The van der Waals surface area contributed by atoms with Crippen LogP contribution in [0.15, 0.2) is 42.5 Å². The highest BCUT2D eigenvalue weighted by atomic mass is 35.5. The molecule has 0 saturated heterocycles. The Kier molecular flexibility index (Phi) is 4.04. The smallest absolute Gasteiger partial charge is 0.118 e. The second kappa shape index (κ2) is 5.41. The molecule has 2 rings (SSSR count). The van der Waals surface area contributed by atoms with E-state index in [2.05, 4.69) is 0 Å². The van der Waals surface area contributed by atoms with Crippen LogP contribution < -0.4 is 10.5 Å². The van der Waals surface area contributed by atoms with Crippen molar-refractivity contribution in [3.05, 3.63) is 63.6 Å². The van der Waals surface area contributed by atoms with Crippen molar-refractivity contribution in [1.29, 1.82) is 0 Å². The third-order valence-corrected chi connectivity index (χ3v) is 3.74. The molecule has 0 aromatic heterocycles. The molecule has 0 aliphatic carbocycles. The lowest BCUT2D eigenvalue weighted by atomic mass is 9.85. The summed E-state index contributed by atoms with van der Waals surface area (Å²) in [4.78, 5) is 0. The highest BCUT2D eigenvalue weighted by molar-refractivity contribution is 6.33. The first kappa shape index (κ1) is 14.2. The summed E-state index contributed by atoms with van der Waals surface area (Å²) >= 11 is 12.2. The van der Waals surface area contributed by atoms with Crippen molar-refractivity contribution in [2.75, 3.05) is 7.11 Å². The number of hydrogen-bond acceptors (Lipinski definition) is 2. The summed E-state index contributed by atoms with van der Waals surface area (Å²) < 4.78 is 5.14. The van der Waals surface area contributed by atoms with E-state index in [1.165, 1.54) is 0 Å². The normalized spacial score (nSPS) is 13.9. The number of hydrogen-bond donors (Lipinski definition) is 1. The second-order valence-corrected chi connectivity index (χ2v) is 5.40. The number of halogens is 2. The average Bonchev–Trinajstić information content (AvgIpc) is 2.41. The number of methoxy groups -OCH3 is 1. The first-order chi connectivity index (χ1) is 8.95. The Bertz CT molecular complexity index is 579. The summed E-state index contributed by atoms with van der Waals surface area (Å²) in [5, 5.41) is 1.22. The van der Waals surface area contributed by atoms with Gasteiger partial charge in [-0.1, -0.05) is 35.3 Å². The van der Waals surface area contributed by atoms with Crippen molar-refractivity contribution in [2.45, 2.75) is 12.5 Å². The Morgan fingerprint density at radius 3 is 2.26 bits per heavy atom. The Morgan fingerprint density at radius 2 is 1.68 bits per heavy atom. The van der Waals surface area contributed by atoms with Gasteiger partial charge < -0.3 is 10.5 Å². The van der Waals surface area contributed by atoms with E-state index >= 15 is 0 Å². The van der Waals surface area contributed by atoms with Gasteiger partial charge in [0.15, 0.2) is 0 Å². The third-order valence-electron chi connectivity index (χ3n) is 3.18. The molecule has 4 heteroatoms. The summed E-state index contributed by atoms with van der Waals surface area (Å²) in [7, 11) is 1.63. The van der Waals surface area contributed by atoms with Crippen LogP contribution in [0, 0.1) is 0 Å². The summed E-state index contributed by atoms with van der Waals surface area (Å²) in [6, 6.07) is 12.9. The molecule has 0 heterocycles.